The fourth-order valence-corrected chi connectivity index (χ4v) is 4.42. The largest absolute Gasteiger partial charge is 0.357 e. The summed E-state index contributed by atoms with van der Waals surface area (Å²) in [5.74, 6) is -0.926. The number of hydrogen-bond donors (Lipinski definition) is 1. The van der Waals surface area contributed by atoms with Crippen molar-refractivity contribution in [3.8, 4) is 0 Å². The first-order chi connectivity index (χ1) is 14.5. The van der Waals surface area contributed by atoms with E-state index in [9.17, 15) is 18.0 Å². The lowest BCUT2D eigenvalue weighted by atomic mass is 10.1. The van der Waals surface area contributed by atoms with Gasteiger partial charge in [0.25, 0.3) is 0 Å². The lowest BCUT2D eigenvalue weighted by Gasteiger charge is -2.31. The van der Waals surface area contributed by atoms with Gasteiger partial charge in [-0.2, -0.15) is 0 Å². The van der Waals surface area contributed by atoms with Gasteiger partial charge in [-0.05, 0) is 49.2 Å². The molecule has 2 rings (SSSR count). The van der Waals surface area contributed by atoms with Gasteiger partial charge < -0.3 is 10.2 Å². The number of aryl methyl sites for hydroxylation is 1. The molecule has 0 aromatic heterocycles. The second-order valence-electron chi connectivity index (χ2n) is 7.10. The average Bonchev–Trinajstić information content (AvgIpc) is 2.70. The minimum Gasteiger partial charge on any atom is -0.357 e. The number of halogens is 2. The molecule has 0 spiro atoms. The Kier molecular flexibility index (Phi) is 8.34. The van der Waals surface area contributed by atoms with Gasteiger partial charge in [-0.1, -0.05) is 41.4 Å². The summed E-state index contributed by atoms with van der Waals surface area (Å²) >= 11 is 12.2. The first-order valence-electron chi connectivity index (χ1n) is 9.44. The average molecular weight is 486 g/mol. The molecule has 1 atom stereocenters. The molecule has 2 aromatic carbocycles. The topological polar surface area (TPSA) is 86.8 Å². The summed E-state index contributed by atoms with van der Waals surface area (Å²) in [6.45, 7) is 2.85. The van der Waals surface area contributed by atoms with Crippen LogP contribution in [0, 0.1) is 6.92 Å². The highest BCUT2D eigenvalue weighted by Gasteiger charge is 2.30. The first-order valence-corrected chi connectivity index (χ1v) is 12.0. The Labute approximate surface area is 193 Å². The van der Waals surface area contributed by atoms with Crippen molar-refractivity contribution in [3.05, 3.63) is 63.6 Å². The van der Waals surface area contributed by atoms with Crippen molar-refractivity contribution in [1.29, 1.82) is 0 Å². The lowest BCUT2D eigenvalue weighted by molar-refractivity contribution is -0.139. The second-order valence-corrected chi connectivity index (χ2v) is 9.85. The van der Waals surface area contributed by atoms with E-state index in [2.05, 4.69) is 5.32 Å². The first kappa shape index (κ1) is 25.0. The van der Waals surface area contributed by atoms with Gasteiger partial charge in [0.05, 0.1) is 11.9 Å². The van der Waals surface area contributed by atoms with E-state index in [0.29, 0.717) is 26.9 Å². The Morgan fingerprint density at radius 3 is 2.32 bits per heavy atom. The number of hydrogen-bond acceptors (Lipinski definition) is 4. The molecule has 0 aliphatic carbocycles. The van der Waals surface area contributed by atoms with Crippen LogP contribution in [0.1, 0.15) is 18.1 Å². The van der Waals surface area contributed by atoms with Crippen LogP contribution in [-0.2, 0) is 26.2 Å². The summed E-state index contributed by atoms with van der Waals surface area (Å²) in [5, 5.41) is 3.41. The highest BCUT2D eigenvalue weighted by atomic mass is 35.5. The van der Waals surface area contributed by atoms with E-state index in [4.69, 9.17) is 23.2 Å². The Bertz CT molecular complexity index is 1080. The predicted octanol–water partition coefficient (Wildman–Crippen LogP) is 3.23. The highest BCUT2D eigenvalue weighted by Crippen LogP contribution is 2.26. The number of nitrogens with zero attached hydrogens (tertiary/aromatic N) is 2. The Morgan fingerprint density at radius 2 is 1.77 bits per heavy atom. The number of likely N-dealkylation sites (N-methyl/N-ethyl adjacent to an activating group) is 1. The van der Waals surface area contributed by atoms with Gasteiger partial charge in [-0.15, -0.1) is 0 Å². The van der Waals surface area contributed by atoms with Crippen LogP contribution in [0.15, 0.2) is 42.5 Å². The van der Waals surface area contributed by atoms with Crippen molar-refractivity contribution in [3.63, 3.8) is 0 Å². The lowest BCUT2D eigenvalue weighted by Crippen LogP contribution is -2.50. The van der Waals surface area contributed by atoms with Crippen molar-refractivity contribution in [2.75, 3.05) is 24.2 Å². The van der Waals surface area contributed by atoms with E-state index >= 15 is 0 Å². The third-order valence-corrected chi connectivity index (χ3v) is 6.55. The number of nitrogens with one attached hydrogen (secondary N) is 1. The molecule has 0 saturated carbocycles. The molecule has 2 aromatic rings. The number of amides is 2. The van der Waals surface area contributed by atoms with Crippen LogP contribution in [0.4, 0.5) is 5.69 Å². The molecule has 0 aliphatic heterocycles. The van der Waals surface area contributed by atoms with Gasteiger partial charge in [-0.25, -0.2) is 8.42 Å². The molecule has 0 aliphatic rings. The Morgan fingerprint density at radius 1 is 1.13 bits per heavy atom. The van der Waals surface area contributed by atoms with Crippen LogP contribution < -0.4 is 9.62 Å². The van der Waals surface area contributed by atoms with Gasteiger partial charge in [-0.3, -0.25) is 13.9 Å². The summed E-state index contributed by atoms with van der Waals surface area (Å²) in [6.07, 6.45) is 1.02. The van der Waals surface area contributed by atoms with Crippen LogP contribution >= 0.6 is 23.2 Å². The fourth-order valence-electron chi connectivity index (χ4n) is 3.10. The smallest absolute Gasteiger partial charge is 0.244 e. The summed E-state index contributed by atoms with van der Waals surface area (Å²) in [5.41, 5.74) is 1.58. The zero-order valence-electron chi connectivity index (χ0n) is 17.7. The van der Waals surface area contributed by atoms with Gasteiger partial charge in [0.2, 0.25) is 21.8 Å². The molecule has 0 fully saturated rings. The van der Waals surface area contributed by atoms with Crippen molar-refractivity contribution in [2.45, 2.75) is 26.4 Å². The minimum atomic E-state index is -3.80. The molecule has 0 radical (unpaired) electrons. The van der Waals surface area contributed by atoms with Crippen LogP contribution in [0.5, 0.6) is 0 Å². The van der Waals surface area contributed by atoms with E-state index < -0.39 is 28.5 Å². The Balaban J connectivity index is 2.43. The summed E-state index contributed by atoms with van der Waals surface area (Å²) in [6, 6.07) is 10.8. The molecule has 7 nitrogen and oxygen atoms in total. The van der Waals surface area contributed by atoms with Crippen molar-refractivity contribution in [2.24, 2.45) is 0 Å². The van der Waals surface area contributed by atoms with Crippen LogP contribution in [0.25, 0.3) is 0 Å². The van der Waals surface area contributed by atoms with E-state index in [0.717, 1.165) is 10.6 Å². The summed E-state index contributed by atoms with van der Waals surface area (Å²) < 4.78 is 26.1. The number of benzene rings is 2. The van der Waals surface area contributed by atoms with E-state index in [1.54, 1.807) is 56.3 Å². The SMILES string of the molecule is CNC(=O)C(C)N(Cc1ccccc1Cl)C(=O)CN(c1ccc(Cl)cc1C)S(C)(=O)=O. The molecule has 31 heavy (non-hydrogen) atoms. The molecule has 0 heterocycles. The zero-order chi connectivity index (χ0) is 23.3. The third kappa shape index (κ3) is 6.35. The second kappa shape index (κ2) is 10.3. The van der Waals surface area contributed by atoms with Crippen LogP contribution in [-0.4, -0.2) is 51.0 Å². The number of rotatable bonds is 8. The molecule has 10 heteroatoms. The quantitative estimate of drug-likeness (QED) is 0.621. The minimum absolute atomic E-state index is 0.0459. The Hall–Kier alpha value is -2.29. The molecule has 0 saturated heterocycles. The van der Waals surface area contributed by atoms with Crippen LogP contribution in [0.3, 0.4) is 0 Å². The molecule has 0 bridgehead atoms. The van der Waals surface area contributed by atoms with E-state index in [1.807, 2.05) is 0 Å². The molecular formula is C21H25Cl2N3O4S. The molecule has 1 N–H and O–H groups in total. The number of anilines is 1. The zero-order valence-corrected chi connectivity index (χ0v) is 20.1. The van der Waals surface area contributed by atoms with Gasteiger partial charge in [0.15, 0.2) is 0 Å². The number of carbonyl (C=O) groups is 2. The monoisotopic (exact) mass is 485 g/mol. The maximum Gasteiger partial charge on any atom is 0.244 e. The van der Waals surface area contributed by atoms with Crippen LogP contribution in [0.2, 0.25) is 10.0 Å². The summed E-state index contributed by atoms with van der Waals surface area (Å²) in [7, 11) is -2.33. The fraction of sp³-hybridized carbons (Fsp3) is 0.333. The molecule has 2 amide bonds. The van der Waals surface area contributed by atoms with Gasteiger partial charge in [0.1, 0.15) is 12.6 Å². The highest BCUT2D eigenvalue weighted by molar-refractivity contribution is 7.92. The standard InChI is InChI=1S/C21H25Cl2N3O4S/c1-14-11-17(22)9-10-19(14)26(31(4,29)30)13-20(27)25(15(2)21(28)24-3)12-16-7-5-6-8-18(16)23/h5-11,15H,12-13H2,1-4H3,(H,24,28). The molecular weight excluding hydrogens is 461 g/mol. The normalized spacial score (nSPS) is 12.2. The van der Waals surface area contributed by atoms with Crippen molar-refractivity contribution < 1.29 is 18.0 Å². The molecule has 1 unspecified atom stereocenters. The van der Waals surface area contributed by atoms with E-state index in [1.165, 1.54) is 11.9 Å². The molecule has 168 valence electrons. The van der Waals surface area contributed by atoms with Gasteiger partial charge in [0, 0.05) is 23.6 Å². The van der Waals surface area contributed by atoms with E-state index in [-0.39, 0.29) is 12.5 Å². The van der Waals surface area contributed by atoms with Crippen molar-refractivity contribution in [1.82, 2.24) is 10.2 Å². The number of sulfonamides is 1. The summed E-state index contributed by atoms with van der Waals surface area (Å²) in [4.78, 5) is 26.9. The number of carbonyl (C=O) groups excluding carboxylic acids is 2. The van der Waals surface area contributed by atoms with Crippen molar-refractivity contribution >= 4 is 50.7 Å². The maximum atomic E-state index is 13.3. The predicted molar refractivity (Wildman–Crippen MR) is 124 cm³/mol. The van der Waals surface area contributed by atoms with Gasteiger partial charge >= 0.3 is 0 Å². The maximum absolute atomic E-state index is 13.3. The third-order valence-electron chi connectivity index (χ3n) is 4.82.